The number of thioether (sulfide) groups is 1. The fraction of sp³-hybridized carbons (Fsp3) is 0.250. The first-order valence-corrected chi connectivity index (χ1v) is 7.39. The lowest BCUT2D eigenvalue weighted by Crippen LogP contribution is -2.12. The molecule has 0 atom stereocenters. The zero-order chi connectivity index (χ0) is 13.0. The van der Waals surface area contributed by atoms with Crippen molar-refractivity contribution in [2.24, 2.45) is 0 Å². The molecule has 0 radical (unpaired) electrons. The van der Waals surface area contributed by atoms with E-state index in [-0.39, 0.29) is 4.75 Å². The summed E-state index contributed by atoms with van der Waals surface area (Å²) >= 11 is 8.19. The Morgan fingerprint density at radius 2 is 1.56 bits per heavy atom. The average Bonchev–Trinajstić information content (AvgIpc) is 2.38. The Morgan fingerprint density at radius 3 is 2.22 bits per heavy atom. The molecule has 2 aromatic rings. The van der Waals surface area contributed by atoms with Gasteiger partial charge in [-0.25, -0.2) is 0 Å². The van der Waals surface area contributed by atoms with E-state index in [1.165, 1.54) is 11.1 Å². The molecule has 0 saturated carbocycles. The molecule has 0 bridgehead atoms. The number of hydrogen-bond acceptors (Lipinski definition) is 1. The Bertz CT molecular complexity index is 506. The lowest BCUT2D eigenvalue weighted by atomic mass is 10.0. The van der Waals surface area contributed by atoms with Crippen molar-refractivity contribution < 1.29 is 0 Å². The van der Waals surface area contributed by atoms with Gasteiger partial charge < -0.3 is 0 Å². The molecule has 2 rings (SSSR count). The van der Waals surface area contributed by atoms with Gasteiger partial charge in [0.15, 0.2) is 0 Å². The largest absolute Gasteiger partial charge is 0.146 e. The maximum atomic E-state index is 6.28. The molecule has 0 saturated heterocycles. The molecule has 0 N–H and O–H groups in total. The lowest BCUT2D eigenvalue weighted by Gasteiger charge is -2.25. The van der Waals surface area contributed by atoms with Crippen molar-refractivity contribution in [3.05, 3.63) is 70.7 Å². The van der Waals surface area contributed by atoms with Gasteiger partial charge in [0.05, 0.1) is 0 Å². The maximum Gasteiger partial charge on any atom is 0.0451 e. The van der Waals surface area contributed by atoms with E-state index in [1.807, 2.05) is 36.0 Å². The Hall–Kier alpha value is -0.920. The van der Waals surface area contributed by atoms with E-state index < -0.39 is 0 Å². The van der Waals surface area contributed by atoms with Crippen LogP contribution in [0.15, 0.2) is 54.6 Å². The van der Waals surface area contributed by atoms with Gasteiger partial charge in [-0.1, -0.05) is 60.1 Å². The van der Waals surface area contributed by atoms with E-state index in [1.54, 1.807) is 0 Å². The van der Waals surface area contributed by atoms with Crippen LogP contribution in [0.2, 0.25) is 5.02 Å². The Morgan fingerprint density at radius 1 is 0.944 bits per heavy atom. The summed E-state index contributed by atoms with van der Waals surface area (Å²) < 4.78 is 0.0220. The number of rotatable bonds is 4. The monoisotopic (exact) mass is 276 g/mol. The molecule has 0 aliphatic heterocycles. The quantitative estimate of drug-likeness (QED) is 0.710. The molecule has 0 spiro atoms. The van der Waals surface area contributed by atoms with Crippen LogP contribution in [0.3, 0.4) is 0 Å². The zero-order valence-corrected chi connectivity index (χ0v) is 12.3. The molecule has 0 fully saturated rings. The molecule has 18 heavy (non-hydrogen) atoms. The van der Waals surface area contributed by atoms with E-state index in [0.717, 1.165) is 10.8 Å². The van der Waals surface area contributed by atoms with E-state index in [9.17, 15) is 0 Å². The molecule has 2 heteroatoms. The zero-order valence-electron chi connectivity index (χ0n) is 10.7. The van der Waals surface area contributed by atoms with Crippen molar-refractivity contribution in [2.45, 2.75) is 24.3 Å². The van der Waals surface area contributed by atoms with Gasteiger partial charge in [0.2, 0.25) is 0 Å². The highest BCUT2D eigenvalue weighted by Gasteiger charge is 2.23. The summed E-state index contributed by atoms with van der Waals surface area (Å²) in [6.07, 6.45) is 0. The van der Waals surface area contributed by atoms with Gasteiger partial charge in [-0.3, -0.25) is 0 Å². The minimum absolute atomic E-state index is 0.0220. The second kappa shape index (κ2) is 5.81. The predicted octanol–water partition coefficient (Wildman–Crippen LogP) is 5.51. The molecule has 94 valence electrons. The van der Waals surface area contributed by atoms with Crippen molar-refractivity contribution in [2.75, 3.05) is 0 Å². The summed E-state index contributed by atoms with van der Waals surface area (Å²) in [4.78, 5) is 0. The van der Waals surface area contributed by atoms with Crippen LogP contribution < -0.4 is 0 Å². The van der Waals surface area contributed by atoms with Gasteiger partial charge in [-0.15, -0.1) is 11.8 Å². The van der Waals surface area contributed by atoms with Crippen molar-refractivity contribution >= 4 is 23.4 Å². The maximum absolute atomic E-state index is 6.28. The molecule has 0 nitrogen and oxygen atoms in total. The van der Waals surface area contributed by atoms with Crippen molar-refractivity contribution in [3.8, 4) is 0 Å². The molecule has 0 aromatic heterocycles. The van der Waals surface area contributed by atoms with Crippen molar-refractivity contribution in [3.63, 3.8) is 0 Å². The van der Waals surface area contributed by atoms with Crippen LogP contribution in [0, 0.1) is 0 Å². The standard InChI is InChI=1S/C16H17ClS/c1-16(2,14-10-6-7-11-15(14)17)18-12-13-8-4-3-5-9-13/h3-11H,12H2,1-2H3. The SMILES string of the molecule is CC(C)(SCc1ccccc1)c1ccccc1Cl. The second-order valence-corrected chi connectivity index (χ2v) is 6.77. The van der Waals surface area contributed by atoms with Crippen LogP contribution >= 0.6 is 23.4 Å². The summed E-state index contributed by atoms with van der Waals surface area (Å²) in [5.41, 5.74) is 2.55. The highest BCUT2D eigenvalue weighted by atomic mass is 35.5. The summed E-state index contributed by atoms with van der Waals surface area (Å²) in [5, 5.41) is 0.850. The third kappa shape index (κ3) is 3.30. The van der Waals surface area contributed by atoms with Crippen molar-refractivity contribution in [1.82, 2.24) is 0 Å². The number of halogens is 1. The third-order valence-electron chi connectivity index (χ3n) is 2.96. The van der Waals surface area contributed by atoms with Gasteiger partial charge in [0.25, 0.3) is 0 Å². The van der Waals surface area contributed by atoms with Crippen LogP contribution in [0.4, 0.5) is 0 Å². The van der Waals surface area contributed by atoms with Crippen LogP contribution in [0.5, 0.6) is 0 Å². The second-order valence-electron chi connectivity index (χ2n) is 4.76. The molecular weight excluding hydrogens is 260 g/mol. The Balaban J connectivity index is 2.11. The molecule has 0 unspecified atom stereocenters. The number of hydrogen-bond donors (Lipinski definition) is 0. The Kier molecular flexibility index (Phi) is 4.36. The van der Waals surface area contributed by atoms with Crippen LogP contribution in [0.1, 0.15) is 25.0 Å². The molecule has 2 aromatic carbocycles. The fourth-order valence-corrected chi connectivity index (χ4v) is 3.35. The first kappa shape index (κ1) is 13.5. The minimum Gasteiger partial charge on any atom is -0.146 e. The summed E-state index contributed by atoms with van der Waals surface area (Å²) in [5.74, 6) is 0.999. The minimum atomic E-state index is 0.0220. The smallest absolute Gasteiger partial charge is 0.0451 e. The molecule has 0 aliphatic rings. The first-order valence-electron chi connectivity index (χ1n) is 6.02. The molecule has 0 heterocycles. The van der Waals surface area contributed by atoms with E-state index >= 15 is 0 Å². The third-order valence-corrected chi connectivity index (χ3v) is 4.71. The van der Waals surface area contributed by atoms with Gasteiger partial charge in [-0.2, -0.15) is 0 Å². The first-order chi connectivity index (χ1) is 8.59. The van der Waals surface area contributed by atoms with E-state index in [0.29, 0.717) is 0 Å². The normalized spacial score (nSPS) is 11.5. The van der Waals surface area contributed by atoms with Crippen molar-refractivity contribution in [1.29, 1.82) is 0 Å². The van der Waals surface area contributed by atoms with Crippen LogP contribution in [0.25, 0.3) is 0 Å². The number of benzene rings is 2. The lowest BCUT2D eigenvalue weighted by molar-refractivity contribution is 0.782. The van der Waals surface area contributed by atoms with Crippen LogP contribution in [-0.2, 0) is 10.5 Å². The van der Waals surface area contributed by atoms with E-state index in [2.05, 4.69) is 44.2 Å². The molecule has 0 amide bonds. The predicted molar refractivity (Wildman–Crippen MR) is 82.2 cm³/mol. The summed E-state index contributed by atoms with van der Waals surface area (Å²) in [7, 11) is 0. The van der Waals surface area contributed by atoms with Gasteiger partial charge >= 0.3 is 0 Å². The highest BCUT2D eigenvalue weighted by molar-refractivity contribution is 7.99. The van der Waals surface area contributed by atoms with Gasteiger partial charge in [-0.05, 0) is 31.0 Å². The highest BCUT2D eigenvalue weighted by Crippen LogP contribution is 2.40. The fourth-order valence-electron chi connectivity index (χ4n) is 1.87. The molecule has 0 aliphatic carbocycles. The topological polar surface area (TPSA) is 0 Å². The van der Waals surface area contributed by atoms with Gasteiger partial charge in [0.1, 0.15) is 0 Å². The Labute approximate surface area is 118 Å². The average molecular weight is 277 g/mol. The van der Waals surface area contributed by atoms with Gasteiger partial charge in [0, 0.05) is 15.5 Å². The summed E-state index contributed by atoms with van der Waals surface area (Å²) in [6, 6.07) is 18.6. The molecular formula is C16H17ClS. The van der Waals surface area contributed by atoms with Crippen LogP contribution in [-0.4, -0.2) is 0 Å². The summed E-state index contributed by atoms with van der Waals surface area (Å²) in [6.45, 7) is 4.45. The van der Waals surface area contributed by atoms with E-state index in [4.69, 9.17) is 11.6 Å².